The quantitative estimate of drug-likeness (QED) is 0.738. The highest BCUT2D eigenvalue weighted by Crippen LogP contribution is 2.22. The SMILES string of the molecule is CCN(CCNCc1ccco1)C1CCCC1. The Bertz CT molecular complexity index is 291. The number of furan rings is 1. The van der Waals surface area contributed by atoms with Crippen LogP contribution in [-0.2, 0) is 6.54 Å². The van der Waals surface area contributed by atoms with Gasteiger partial charge in [0.05, 0.1) is 12.8 Å². The Hall–Kier alpha value is -0.800. The molecule has 0 amide bonds. The topological polar surface area (TPSA) is 28.4 Å². The fraction of sp³-hybridized carbons (Fsp3) is 0.714. The summed E-state index contributed by atoms with van der Waals surface area (Å²) in [6.45, 7) is 6.49. The highest BCUT2D eigenvalue weighted by Gasteiger charge is 2.20. The van der Waals surface area contributed by atoms with Crippen LogP contribution in [0.3, 0.4) is 0 Å². The van der Waals surface area contributed by atoms with Crippen LogP contribution < -0.4 is 5.32 Å². The van der Waals surface area contributed by atoms with E-state index in [0.29, 0.717) is 0 Å². The Morgan fingerprint density at radius 1 is 1.41 bits per heavy atom. The van der Waals surface area contributed by atoms with Gasteiger partial charge in [-0.15, -0.1) is 0 Å². The summed E-state index contributed by atoms with van der Waals surface area (Å²) in [5.74, 6) is 1.02. The second-order valence-corrected chi connectivity index (χ2v) is 4.82. The third-order valence-corrected chi connectivity index (χ3v) is 3.70. The summed E-state index contributed by atoms with van der Waals surface area (Å²) in [6, 6.07) is 4.79. The number of rotatable bonds is 7. The Morgan fingerprint density at radius 3 is 2.88 bits per heavy atom. The third-order valence-electron chi connectivity index (χ3n) is 3.70. The minimum absolute atomic E-state index is 0.838. The van der Waals surface area contributed by atoms with Crippen LogP contribution in [0.2, 0.25) is 0 Å². The van der Waals surface area contributed by atoms with E-state index < -0.39 is 0 Å². The fourth-order valence-electron chi connectivity index (χ4n) is 2.72. The van der Waals surface area contributed by atoms with Gasteiger partial charge in [-0.3, -0.25) is 4.90 Å². The van der Waals surface area contributed by atoms with Crippen LogP contribution in [-0.4, -0.2) is 30.6 Å². The molecule has 1 N–H and O–H groups in total. The zero-order chi connectivity index (χ0) is 11.9. The number of nitrogens with zero attached hydrogens (tertiary/aromatic N) is 1. The molecule has 0 saturated heterocycles. The molecule has 1 fully saturated rings. The van der Waals surface area contributed by atoms with Crippen molar-refractivity contribution in [2.24, 2.45) is 0 Å². The molecule has 17 heavy (non-hydrogen) atoms. The first-order chi connectivity index (χ1) is 8.40. The standard InChI is InChI=1S/C14H24N2O/c1-2-16(13-6-3-4-7-13)10-9-15-12-14-8-5-11-17-14/h5,8,11,13,15H,2-4,6-7,9-10,12H2,1H3. The zero-order valence-corrected chi connectivity index (χ0v) is 10.8. The van der Waals surface area contributed by atoms with Gasteiger partial charge in [-0.1, -0.05) is 19.8 Å². The third kappa shape index (κ3) is 3.86. The average Bonchev–Trinajstić information content (AvgIpc) is 3.01. The summed E-state index contributed by atoms with van der Waals surface area (Å²) >= 11 is 0. The summed E-state index contributed by atoms with van der Waals surface area (Å²) in [6.07, 6.45) is 7.36. The normalized spacial score (nSPS) is 17.1. The lowest BCUT2D eigenvalue weighted by atomic mass is 10.2. The van der Waals surface area contributed by atoms with E-state index in [0.717, 1.165) is 31.4 Å². The molecule has 96 valence electrons. The second kappa shape index (κ2) is 6.82. The first-order valence-electron chi connectivity index (χ1n) is 6.87. The zero-order valence-electron chi connectivity index (χ0n) is 10.8. The molecule has 3 nitrogen and oxygen atoms in total. The highest BCUT2D eigenvalue weighted by molar-refractivity contribution is 4.97. The summed E-state index contributed by atoms with van der Waals surface area (Å²) < 4.78 is 5.29. The molecule has 0 radical (unpaired) electrons. The van der Waals surface area contributed by atoms with Gasteiger partial charge in [0, 0.05) is 19.1 Å². The molecule has 1 aromatic heterocycles. The van der Waals surface area contributed by atoms with Gasteiger partial charge < -0.3 is 9.73 Å². The van der Waals surface area contributed by atoms with Crippen molar-refractivity contribution in [3.63, 3.8) is 0 Å². The molecule has 0 aliphatic heterocycles. The largest absolute Gasteiger partial charge is 0.468 e. The van der Waals surface area contributed by atoms with Crippen LogP contribution in [0, 0.1) is 0 Å². The van der Waals surface area contributed by atoms with E-state index in [4.69, 9.17) is 4.42 Å². The molecular formula is C14H24N2O. The minimum atomic E-state index is 0.838. The van der Waals surface area contributed by atoms with Crippen molar-refractivity contribution in [1.82, 2.24) is 10.2 Å². The maximum absolute atomic E-state index is 5.29. The summed E-state index contributed by atoms with van der Waals surface area (Å²) in [5.41, 5.74) is 0. The van der Waals surface area contributed by atoms with E-state index in [2.05, 4.69) is 17.1 Å². The van der Waals surface area contributed by atoms with Crippen molar-refractivity contribution in [1.29, 1.82) is 0 Å². The van der Waals surface area contributed by atoms with Crippen LogP contribution in [0.15, 0.2) is 22.8 Å². The van der Waals surface area contributed by atoms with Gasteiger partial charge in [-0.25, -0.2) is 0 Å². The van der Waals surface area contributed by atoms with Crippen molar-refractivity contribution in [2.75, 3.05) is 19.6 Å². The molecular weight excluding hydrogens is 212 g/mol. The van der Waals surface area contributed by atoms with Crippen molar-refractivity contribution < 1.29 is 4.42 Å². The average molecular weight is 236 g/mol. The number of likely N-dealkylation sites (N-methyl/N-ethyl adjacent to an activating group) is 1. The first kappa shape index (κ1) is 12.7. The van der Waals surface area contributed by atoms with Crippen molar-refractivity contribution in [3.8, 4) is 0 Å². The number of hydrogen-bond donors (Lipinski definition) is 1. The number of hydrogen-bond acceptors (Lipinski definition) is 3. The van der Waals surface area contributed by atoms with Gasteiger partial charge in [0.25, 0.3) is 0 Å². The monoisotopic (exact) mass is 236 g/mol. The lowest BCUT2D eigenvalue weighted by molar-refractivity contribution is 0.208. The van der Waals surface area contributed by atoms with Crippen LogP contribution >= 0.6 is 0 Å². The van der Waals surface area contributed by atoms with E-state index in [-0.39, 0.29) is 0 Å². The van der Waals surface area contributed by atoms with Crippen LogP contribution in [0.5, 0.6) is 0 Å². The maximum atomic E-state index is 5.29. The minimum Gasteiger partial charge on any atom is -0.468 e. The van der Waals surface area contributed by atoms with Gasteiger partial charge >= 0.3 is 0 Å². The highest BCUT2D eigenvalue weighted by atomic mass is 16.3. The Morgan fingerprint density at radius 2 is 2.24 bits per heavy atom. The second-order valence-electron chi connectivity index (χ2n) is 4.82. The molecule has 1 heterocycles. The van der Waals surface area contributed by atoms with E-state index in [9.17, 15) is 0 Å². The van der Waals surface area contributed by atoms with Crippen molar-refractivity contribution in [2.45, 2.75) is 45.2 Å². The molecule has 0 unspecified atom stereocenters. The predicted molar refractivity (Wildman–Crippen MR) is 69.9 cm³/mol. The molecule has 0 atom stereocenters. The summed E-state index contributed by atoms with van der Waals surface area (Å²) in [7, 11) is 0. The molecule has 1 saturated carbocycles. The summed E-state index contributed by atoms with van der Waals surface area (Å²) in [5, 5.41) is 3.44. The number of nitrogens with one attached hydrogen (secondary N) is 1. The Balaban J connectivity index is 1.62. The molecule has 2 rings (SSSR count). The van der Waals surface area contributed by atoms with E-state index in [1.165, 1.54) is 32.2 Å². The maximum Gasteiger partial charge on any atom is 0.117 e. The van der Waals surface area contributed by atoms with Gasteiger partial charge in [0.2, 0.25) is 0 Å². The van der Waals surface area contributed by atoms with Crippen LogP contribution in [0.4, 0.5) is 0 Å². The van der Waals surface area contributed by atoms with Gasteiger partial charge in [-0.2, -0.15) is 0 Å². The van der Waals surface area contributed by atoms with E-state index in [1.54, 1.807) is 6.26 Å². The molecule has 3 heteroatoms. The Labute approximate surface area is 104 Å². The molecule has 1 aromatic rings. The lowest BCUT2D eigenvalue weighted by Crippen LogP contribution is -2.38. The van der Waals surface area contributed by atoms with Gasteiger partial charge in [0.1, 0.15) is 5.76 Å². The smallest absolute Gasteiger partial charge is 0.117 e. The van der Waals surface area contributed by atoms with E-state index >= 15 is 0 Å². The molecule has 0 bridgehead atoms. The van der Waals surface area contributed by atoms with Gasteiger partial charge in [-0.05, 0) is 31.5 Å². The van der Waals surface area contributed by atoms with Gasteiger partial charge in [0.15, 0.2) is 0 Å². The van der Waals surface area contributed by atoms with E-state index in [1.807, 2.05) is 12.1 Å². The first-order valence-corrected chi connectivity index (χ1v) is 6.87. The van der Waals surface area contributed by atoms with Crippen LogP contribution in [0.25, 0.3) is 0 Å². The predicted octanol–water partition coefficient (Wildman–Crippen LogP) is 2.63. The van der Waals surface area contributed by atoms with Crippen molar-refractivity contribution >= 4 is 0 Å². The Kier molecular flexibility index (Phi) is 5.08. The van der Waals surface area contributed by atoms with Crippen LogP contribution in [0.1, 0.15) is 38.4 Å². The molecule has 0 aromatic carbocycles. The molecule has 0 spiro atoms. The lowest BCUT2D eigenvalue weighted by Gasteiger charge is -2.27. The van der Waals surface area contributed by atoms with Crippen molar-refractivity contribution in [3.05, 3.63) is 24.2 Å². The summed E-state index contributed by atoms with van der Waals surface area (Å²) in [4.78, 5) is 2.61. The molecule has 1 aliphatic carbocycles. The molecule has 1 aliphatic rings. The fourth-order valence-corrected chi connectivity index (χ4v) is 2.72.